The Labute approximate surface area is 103 Å². The van der Waals surface area contributed by atoms with Gasteiger partial charge in [0, 0.05) is 5.69 Å². The molecule has 0 saturated heterocycles. The third-order valence-electron chi connectivity index (χ3n) is 2.07. The van der Waals surface area contributed by atoms with Gasteiger partial charge in [-0.3, -0.25) is 0 Å². The molecule has 0 aliphatic heterocycles. The zero-order valence-corrected chi connectivity index (χ0v) is 10.2. The average molecular weight is 258 g/mol. The lowest BCUT2D eigenvalue weighted by atomic mass is 10.2. The molecule has 1 unspecified atom stereocenters. The van der Waals surface area contributed by atoms with Crippen LogP contribution in [0.1, 0.15) is 17.3 Å². The van der Waals surface area contributed by atoms with Gasteiger partial charge in [-0.15, -0.1) is 0 Å². The van der Waals surface area contributed by atoms with E-state index in [1.807, 2.05) is 0 Å². The lowest BCUT2D eigenvalue weighted by Gasteiger charge is -2.12. The Morgan fingerprint density at radius 1 is 1.41 bits per heavy atom. The standard InChI is InChI=1S/C11H12ClNO4/c1-6(10(14)16-2)17-11(15)9-7(12)4-3-5-8(9)13/h3-6H,13H2,1-2H3. The van der Waals surface area contributed by atoms with Crippen molar-refractivity contribution in [3.05, 3.63) is 28.8 Å². The number of nitrogens with two attached hydrogens (primary N) is 1. The number of halogens is 1. The van der Waals surface area contributed by atoms with Gasteiger partial charge in [-0.05, 0) is 19.1 Å². The highest BCUT2D eigenvalue weighted by Gasteiger charge is 2.22. The highest BCUT2D eigenvalue weighted by molar-refractivity contribution is 6.34. The number of methoxy groups -OCH3 is 1. The molecule has 0 saturated carbocycles. The van der Waals surface area contributed by atoms with E-state index in [9.17, 15) is 9.59 Å². The number of benzene rings is 1. The predicted octanol–water partition coefficient (Wildman–Crippen LogP) is 1.64. The third kappa shape index (κ3) is 3.10. The van der Waals surface area contributed by atoms with Crippen molar-refractivity contribution in [1.82, 2.24) is 0 Å². The minimum absolute atomic E-state index is 0.0462. The van der Waals surface area contributed by atoms with Crippen molar-refractivity contribution in [3.8, 4) is 0 Å². The second kappa shape index (κ2) is 5.54. The summed E-state index contributed by atoms with van der Waals surface area (Å²) in [5, 5.41) is 0.173. The van der Waals surface area contributed by atoms with E-state index in [0.29, 0.717) is 0 Å². The molecule has 1 aromatic carbocycles. The van der Waals surface area contributed by atoms with Crippen LogP contribution in [0, 0.1) is 0 Å². The Hall–Kier alpha value is -1.75. The summed E-state index contributed by atoms with van der Waals surface area (Å²) >= 11 is 5.82. The van der Waals surface area contributed by atoms with Crippen molar-refractivity contribution in [2.75, 3.05) is 12.8 Å². The molecular weight excluding hydrogens is 246 g/mol. The smallest absolute Gasteiger partial charge is 0.346 e. The second-order valence-electron chi connectivity index (χ2n) is 3.27. The zero-order valence-electron chi connectivity index (χ0n) is 9.40. The first-order valence-electron chi connectivity index (χ1n) is 4.80. The lowest BCUT2D eigenvalue weighted by Crippen LogP contribution is -2.25. The molecular formula is C11H12ClNO4. The Balaban J connectivity index is 2.87. The van der Waals surface area contributed by atoms with Crippen molar-refractivity contribution < 1.29 is 19.1 Å². The van der Waals surface area contributed by atoms with Gasteiger partial charge >= 0.3 is 11.9 Å². The summed E-state index contributed by atoms with van der Waals surface area (Å²) in [6.07, 6.45) is -1.01. The van der Waals surface area contributed by atoms with E-state index in [1.165, 1.54) is 26.2 Å². The van der Waals surface area contributed by atoms with Crippen molar-refractivity contribution in [2.45, 2.75) is 13.0 Å². The molecule has 1 aromatic rings. The maximum atomic E-state index is 11.7. The van der Waals surface area contributed by atoms with Crippen LogP contribution in [0.15, 0.2) is 18.2 Å². The van der Waals surface area contributed by atoms with E-state index >= 15 is 0 Å². The van der Waals surface area contributed by atoms with E-state index in [-0.39, 0.29) is 16.3 Å². The number of ether oxygens (including phenoxy) is 2. The van der Waals surface area contributed by atoms with Crippen LogP contribution in [0.3, 0.4) is 0 Å². The number of hydrogen-bond acceptors (Lipinski definition) is 5. The van der Waals surface area contributed by atoms with Gasteiger partial charge in [-0.25, -0.2) is 9.59 Å². The summed E-state index contributed by atoms with van der Waals surface area (Å²) in [4.78, 5) is 22.8. The molecule has 0 amide bonds. The van der Waals surface area contributed by atoms with Crippen LogP contribution in [0.2, 0.25) is 5.02 Å². The Bertz CT molecular complexity index is 427. The molecule has 0 aliphatic carbocycles. The zero-order chi connectivity index (χ0) is 13.0. The van der Waals surface area contributed by atoms with Crippen molar-refractivity contribution >= 4 is 29.2 Å². The van der Waals surface area contributed by atoms with E-state index in [0.717, 1.165) is 0 Å². The van der Waals surface area contributed by atoms with E-state index in [1.54, 1.807) is 6.07 Å². The third-order valence-corrected chi connectivity index (χ3v) is 2.38. The SMILES string of the molecule is COC(=O)C(C)OC(=O)c1c(N)cccc1Cl. The summed E-state index contributed by atoms with van der Waals surface area (Å²) in [5.74, 6) is -1.41. The Morgan fingerprint density at radius 2 is 2.06 bits per heavy atom. The molecule has 0 aromatic heterocycles. The maximum absolute atomic E-state index is 11.7. The van der Waals surface area contributed by atoms with Crippen LogP contribution in [0.5, 0.6) is 0 Å². The largest absolute Gasteiger partial charge is 0.466 e. The van der Waals surface area contributed by atoms with Gasteiger partial charge in [0.2, 0.25) is 0 Å². The van der Waals surface area contributed by atoms with Crippen LogP contribution in [0.25, 0.3) is 0 Å². The van der Waals surface area contributed by atoms with Crippen LogP contribution in [-0.4, -0.2) is 25.2 Å². The summed E-state index contributed by atoms with van der Waals surface area (Å²) in [5.41, 5.74) is 5.85. The predicted molar refractivity (Wildman–Crippen MR) is 62.8 cm³/mol. The first-order chi connectivity index (χ1) is 7.97. The van der Waals surface area contributed by atoms with Crippen LogP contribution in [-0.2, 0) is 14.3 Å². The summed E-state index contributed by atoms with van der Waals surface area (Å²) in [6, 6.07) is 4.64. The number of esters is 2. The van der Waals surface area contributed by atoms with Gasteiger partial charge in [0.15, 0.2) is 6.10 Å². The number of rotatable bonds is 3. The minimum Gasteiger partial charge on any atom is -0.466 e. The quantitative estimate of drug-likeness (QED) is 0.658. The molecule has 5 nitrogen and oxygen atoms in total. The van der Waals surface area contributed by atoms with Crippen LogP contribution >= 0.6 is 11.6 Å². The lowest BCUT2D eigenvalue weighted by molar-refractivity contribution is -0.149. The fourth-order valence-electron chi connectivity index (χ4n) is 1.19. The molecule has 0 bridgehead atoms. The molecule has 1 atom stereocenters. The number of anilines is 1. The van der Waals surface area contributed by atoms with Gasteiger partial charge in [-0.1, -0.05) is 17.7 Å². The van der Waals surface area contributed by atoms with Crippen LogP contribution < -0.4 is 5.73 Å². The maximum Gasteiger partial charge on any atom is 0.346 e. The second-order valence-corrected chi connectivity index (χ2v) is 3.68. The molecule has 17 heavy (non-hydrogen) atoms. The Kier molecular flexibility index (Phi) is 4.34. The molecule has 0 heterocycles. The molecule has 92 valence electrons. The van der Waals surface area contributed by atoms with Gasteiger partial charge in [-0.2, -0.15) is 0 Å². The molecule has 2 N–H and O–H groups in total. The van der Waals surface area contributed by atoms with Gasteiger partial charge in [0.1, 0.15) is 5.56 Å². The first-order valence-corrected chi connectivity index (χ1v) is 5.18. The number of nitrogen functional groups attached to an aromatic ring is 1. The van der Waals surface area contributed by atoms with E-state index < -0.39 is 18.0 Å². The van der Waals surface area contributed by atoms with Gasteiger partial charge < -0.3 is 15.2 Å². The molecule has 1 rings (SSSR count). The summed E-state index contributed by atoms with van der Waals surface area (Å²) in [7, 11) is 1.20. The molecule has 0 radical (unpaired) electrons. The first kappa shape index (κ1) is 13.3. The van der Waals surface area contributed by atoms with Gasteiger partial charge in [0.05, 0.1) is 12.1 Å². The van der Waals surface area contributed by atoms with Gasteiger partial charge in [0.25, 0.3) is 0 Å². The monoisotopic (exact) mass is 257 g/mol. The average Bonchev–Trinajstić information content (AvgIpc) is 2.27. The van der Waals surface area contributed by atoms with E-state index in [4.69, 9.17) is 22.1 Å². The molecule has 0 aliphatic rings. The fraction of sp³-hybridized carbons (Fsp3) is 0.273. The van der Waals surface area contributed by atoms with Crippen molar-refractivity contribution in [3.63, 3.8) is 0 Å². The molecule has 0 spiro atoms. The molecule has 6 heteroatoms. The number of carbonyl (C=O) groups is 2. The molecule has 0 fully saturated rings. The van der Waals surface area contributed by atoms with Crippen molar-refractivity contribution in [2.24, 2.45) is 0 Å². The van der Waals surface area contributed by atoms with Crippen LogP contribution in [0.4, 0.5) is 5.69 Å². The van der Waals surface area contributed by atoms with Crippen molar-refractivity contribution in [1.29, 1.82) is 0 Å². The normalized spacial score (nSPS) is 11.7. The summed E-state index contributed by atoms with van der Waals surface area (Å²) < 4.78 is 9.30. The Morgan fingerprint density at radius 3 is 2.59 bits per heavy atom. The number of hydrogen-bond donors (Lipinski definition) is 1. The topological polar surface area (TPSA) is 78.6 Å². The van der Waals surface area contributed by atoms with E-state index in [2.05, 4.69) is 4.74 Å². The summed E-state index contributed by atoms with van der Waals surface area (Å²) in [6.45, 7) is 1.40. The minimum atomic E-state index is -1.01. The fourth-order valence-corrected chi connectivity index (χ4v) is 1.45. The number of carbonyl (C=O) groups excluding carboxylic acids is 2. The highest BCUT2D eigenvalue weighted by atomic mass is 35.5. The highest BCUT2D eigenvalue weighted by Crippen LogP contribution is 2.23.